The summed E-state index contributed by atoms with van der Waals surface area (Å²) in [6.07, 6.45) is 8.24. The van der Waals surface area contributed by atoms with Crippen molar-refractivity contribution >= 4 is 51.7 Å². The maximum atomic E-state index is 13.4. The molecule has 3 atom stereocenters. The van der Waals surface area contributed by atoms with Gasteiger partial charge in [0.1, 0.15) is 5.41 Å². The van der Waals surface area contributed by atoms with Crippen molar-refractivity contribution in [1.82, 2.24) is 5.32 Å². The van der Waals surface area contributed by atoms with E-state index in [9.17, 15) is 9.59 Å². The number of nitrogens with two attached hydrogens (primary N) is 1. The summed E-state index contributed by atoms with van der Waals surface area (Å²) in [6, 6.07) is 13.6. The second kappa shape index (κ2) is 10.2. The molecule has 1 fully saturated rings. The van der Waals surface area contributed by atoms with E-state index < -0.39 is 22.8 Å². The SMILES string of the molecule is Cc1cc(C2(C3CC3)CC(c3ccc(Cl)cc3)=NO2)ccc1C1(C(N)=O)C=CC=C(I)C1C(=O)NC(C)C. The smallest absolute Gasteiger partial charge is 0.233 e. The van der Waals surface area contributed by atoms with E-state index in [1.807, 2.05) is 69.3 Å². The van der Waals surface area contributed by atoms with Gasteiger partial charge in [0.25, 0.3) is 0 Å². The molecule has 198 valence electrons. The molecular formula is C30H31ClIN3O3. The van der Waals surface area contributed by atoms with Crippen LogP contribution in [-0.2, 0) is 25.4 Å². The van der Waals surface area contributed by atoms with E-state index >= 15 is 0 Å². The number of amides is 2. The Hall–Kier alpha value is -2.65. The highest BCUT2D eigenvalue weighted by molar-refractivity contribution is 14.1. The summed E-state index contributed by atoms with van der Waals surface area (Å²) < 4.78 is 0.764. The maximum absolute atomic E-state index is 13.4. The van der Waals surface area contributed by atoms with Crippen LogP contribution >= 0.6 is 34.2 Å². The second-order valence-corrected chi connectivity index (χ2v) is 12.4. The number of hydrogen-bond acceptors (Lipinski definition) is 4. The van der Waals surface area contributed by atoms with Gasteiger partial charge in [-0.05, 0) is 90.6 Å². The van der Waals surface area contributed by atoms with Crippen LogP contribution < -0.4 is 11.1 Å². The molecule has 6 nitrogen and oxygen atoms in total. The van der Waals surface area contributed by atoms with Crippen molar-refractivity contribution in [2.24, 2.45) is 22.7 Å². The Morgan fingerprint density at radius 2 is 1.89 bits per heavy atom. The molecule has 3 unspecified atom stereocenters. The molecule has 5 rings (SSSR count). The third-order valence-electron chi connectivity index (χ3n) is 7.77. The molecule has 3 N–H and O–H groups in total. The van der Waals surface area contributed by atoms with E-state index in [0.29, 0.717) is 17.4 Å². The molecule has 0 saturated heterocycles. The molecule has 38 heavy (non-hydrogen) atoms. The molecule has 2 aromatic carbocycles. The van der Waals surface area contributed by atoms with Gasteiger partial charge in [-0.25, -0.2) is 0 Å². The summed E-state index contributed by atoms with van der Waals surface area (Å²) in [5, 5.41) is 8.17. The Kier molecular flexibility index (Phi) is 7.20. The minimum atomic E-state index is -1.30. The summed E-state index contributed by atoms with van der Waals surface area (Å²) in [7, 11) is 0. The fraction of sp³-hybridized carbons (Fsp3) is 0.367. The van der Waals surface area contributed by atoms with Crippen LogP contribution in [0.25, 0.3) is 0 Å². The average Bonchev–Trinajstić information content (AvgIpc) is 3.63. The number of halogens is 2. The normalized spacial score (nSPS) is 26.5. The maximum Gasteiger partial charge on any atom is 0.233 e. The predicted octanol–water partition coefficient (Wildman–Crippen LogP) is 5.83. The van der Waals surface area contributed by atoms with Crippen molar-refractivity contribution < 1.29 is 14.4 Å². The molecule has 2 aromatic rings. The van der Waals surface area contributed by atoms with Crippen LogP contribution in [0.1, 0.15) is 55.4 Å². The van der Waals surface area contributed by atoms with Crippen LogP contribution in [-0.4, -0.2) is 23.6 Å². The first-order valence-electron chi connectivity index (χ1n) is 12.9. The Labute approximate surface area is 241 Å². The number of carbonyl (C=O) groups excluding carboxylic acids is 2. The van der Waals surface area contributed by atoms with Crippen LogP contribution in [0, 0.1) is 18.8 Å². The lowest BCUT2D eigenvalue weighted by Gasteiger charge is -2.39. The van der Waals surface area contributed by atoms with Gasteiger partial charge in [0.15, 0.2) is 5.60 Å². The highest BCUT2D eigenvalue weighted by atomic mass is 127. The molecule has 8 heteroatoms. The number of benzene rings is 2. The van der Waals surface area contributed by atoms with Gasteiger partial charge in [0, 0.05) is 27.0 Å². The zero-order valence-electron chi connectivity index (χ0n) is 21.6. The van der Waals surface area contributed by atoms with Crippen molar-refractivity contribution in [3.8, 4) is 0 Å². The monoisotopic (exact) mass is 643 g/mol. The standard InChI is InChI=1S/C30H31ClIN3O3/c1-17(2)34-27(36)26-24(32)5-4-14-29(26,28(33)37)23-13-10-21(15-18(23)3)30(20-8-9-20)16-25(35-38-30)19-6-11-22(31)12-7-19/h4-7,10-15,17,20,26H,8-9,16H2,1-3H3,(H2,33,37)(H,34,36). The number of nitrogens with zero attached hydrogens (tertiary/aromatic N) is 1. The van der Waals surface area contributed by atoms with Gasteiger partial charge >= 0.3 is 0 Å². The van der Waals surface area contributed by atoms with Crippen LogP contribution in [0.2, 0.25) is 5.02 Å². The van der Waals surface area contributed by atoms with Crippen molar-refractivity contribution in [2.45, 2.75) is 57.1 Å². The first-order chi connectivity index (χ1) is 18.1. The quantitative estimate of drug-likeness (QED) is 0.372. The van der Waals surface area contributed by atoms with Crippen molar-refractivity contribution in [1.29, 1.82) is 0 Å². The number of aryl methyl sites for hydroxylation is 1. The summed E-state index contributed by atoms with van der Waals surface area (Å²) in [6.45, 7) is 5.77. The van der Waals surface area contributed by atoms with Crippen LogP contribution in [0.5, 0.6) is 0 Å². The fourth-order valence-electron chi connectivity index (χ4n) is 5.80. The molecular weight excluding hydrogens is 613 g/mol. The molecule has 0 spiro atoms. The molecule has 1 heterocycles. The molecule has 3 aliphatic rings. The van der Waals surface area contributed by atoms with Gasteiger partial charge in [-0.3, -0.25) is 9.59 Å². The Morgan fingerprint density at radius 3 is 2.50 bits per heavy atom. The summed E-state index contributed by atoms with van der Waals surface area (Å²) >= 11 is 8.23. The number of oxime groups is 1. The third-order valence-corrected chi connectivity index (χ3v) is 9.00. The van der Waals surface area contributed by atoms with Gasteiger partial charge in [-0.15, -0.1) is 0 Å². The van der Waals surface area contributed by atoms with E-state index in [0.717, 1.165) is 44.4 Å². The van der Waals surface area contributed by atoms with Crippen LogP contribution in [0.3, 0.4) is 0 Å². The number of allylic oxidation sites excluding steroid dienone is 2. The Morgan fingerprint density at radius 1 is 1.18 bits per heavy atom. The van der Waals surface area contributed by atoms with Crippen molar-refractivity contribution in [3.63, 3.8) is 0 Å². The number of nitrogens with one attached hydrogen (secondary N) is 1. The minimum absolute atomic E-state index is 0.0700. The summed E-state index contributed by atoms with van der Waals surface area (Å²) in [4.78, 5) is 32.9. The lowest BCUT2D eigenvalue weighted by molar-refractivity contribution is -0.132. The van der Waals surface area contributed by atoms with E-state index in [1.54, 1.807) is 6.08 Å². The van der Waals surface area contributed by atoms with E-state index in [-0.39, 0.29) is 11.9 Å². The summed E-state index contributed by atoms with van der Waals surface area (Å²) in [5.41, 5.74) is 8.74. The zero-order valence-corrected chi connectivity index (χ0v) is 24.5. The van der Waals surface area contributed by atoms with Crippen LogP contribution in [0.4, 0.5) is 0 Å². The molecule has 0 bridgehead atoms. The zero-order chi connectivity index (χ0) is 27.2. The predicted molar refractivity (Wildman–Crippen MR) is 158 cm³/mol. The first-order valence-corrected chi connectivity index (χ1v) is 14.3. The Balaban J connectivity index is 1.54. The lowest BCUT2D eigenvalue weighted by Crippen LogP contribution is -2.53. The molecule has 1 aliphatic heterocycles. The second-order valence-electron chi connectivity index (χ2n) is 10.7. The fourth-order valence-corrected chi connectivity index (χ4v) is 6.91. The molecule has 0 aromatic heterocycles. The average molecular weight is 644 g/mol. The third kappa shape index (κ3) is 4.57. The van der Waals surface area contributed by atoms with E-state index in [4.69, 9.17) is 22.2 Å². The summed E-state index contributed by atoms with van der Waals surface area (Å²) in [5.74, 6) is -1.17. The topological polar surface area (TPSA) is 93.8 Å². The van der Waals surface area contributed by atoms with Gasteiger partial charge in [0.05, 0.1) is 11.6 Å². The van der Waals surface area contributed by atoms with Gasteiger partial charge in [-0.2, -0.15) is 0 Å². The molecule has 2 amide bonds. The van der Waals surface area contributed by atoms with Gasteiger partial charge in [0.2, 0.25) is 11.8 Å². The number of rotatable bonds is 7. The number of primary amides is 1. The highest BCUT2D eigenvalue weighted by Gasteiger charge is 2.54. The number of carbonyl (C=O) groups is 2. The number of hydrogen-bond donors (Lipinski definition) is 2. The van der Waals surface area contributed by atoms with Crippen molar-refractivity contribution in [3.05, 3.63) is 91.5 Å². The van der Waals surface area contributed by atoms with E-state index in [2.05, 4.69) is 39.1 Å². The molecule has 0 radical (unpaired) electrons. The largest absolute Gasteiger partial charge is 0.383 e. The Bertz CT molecular complexity index is 1380. The first kappa shape index (κ1) is 26.9. The van der Waals surface area contributed by atoms with Gasteiger partial charge < -0.3 is 15.9 Å². The van der Waals surface area contributed by atoms with Gasteiger partial charge in [-0.1, -0.05) is 65.3 Å². The minimum Gasteiger partial charge on any atom is -0.383 e. The van der Waals surface area contributed by atoms with Crippen LogP contribution in [0.15, 0.2) is 69.4 Å². The van der Waals surface area contributed by atoms with E-state index in [1.165, 1.54) is 0 Å². The van der Waals surface area contributed by atoms with Crippen molar-refractivity contribution in [2.75, 3.05) is 0 Å². The molecule has 1 saturated carbocycles. The highest BCUT2D eigenvalue weighted by Crippen LogP contribution is 2.54. The molecule has 2 aliphatic carbocycles. The lowest BCUT2D eigenvalue weighted by atomic mass is 9.65.